The first kappa shape index (κ1) is 10.9. The maximum Gasteiger partial charge on any atom is 0.0605 e. The monoisotopic (exact) mass is 215 g/mol. The van der Waals surface area contributed by atoms with Gasteiger partial charge in [-0.1, -0.05) is 30.3 Å². The summed E-state index contributed by atoms with van der Waals surface area (Å²) in [6, 6.07) is 12.2. The third-order valence-electron chi connectivity index (χ3n) is 2.70. The van der Waals surface area contributed by atoms with Crippen molar-refractivity contribution in [1.29, 1.82) is 0 Å². The van der Waals surface area contributed by atoms with Crippen LogP contribution in [0.1, 0.15) is 23.0 Å². The Morgan fingerprint density at radius 1 is 1.25 bits per heavy atom. The van der Waals surface area contributed by atoms with Gasteiger partial charge in [0.1, 0.15) is 0 Å². The van der Waals surface area contributed by atoms with Gasteiger partial charge in [0.2, 0.25) is 0 Å². The lowest BCUT2D eigenvalue weighted by atomic mass is 10.1. The zero-order chi connectivity index (χ0) is 11.5. The van der Waals surface area contributed by atoms with Crippen molar-refractivity contribution >= 4 is 0 Å². The highest BCUT2D eigenvalue weighted by Crippen LogP contribution is 2.13. The largest absolute Gasteiger partial charge is 0.322 e. The minimum absolute atomic E-state index is 0.000741. The summed E-state index contributed by atoms with van der Waals surface area (Å²) in [7, 11) is 0. The summed E-state index contributed by atoms with van der Waals surface area (Å²) in [5, 5.41) is 4.41. The van der Waals surface area contributed by atoms with Crippen molar-refractivity contribution < 1.29 is 0 Å². The molecule has 0 spiro atoms. The molecule has 2 aromatic rings. The summed E-state index contributed by atoms with van der Waals surface area (Å²) in [5.41, 5.74) is 9.49. The summed E-state index contributed by atoms with van der Waals surface area (Å²) < 4.78 is 1.97. The van der Waals surface area contributed by atoms with E-state index < -0.39 is 0 Å². The number of hydrogen-bond acceptors (Lipinski definition) is 2. The van der Waals surface area contributed by atoms with Gasteiger partial charge in [0.05, 0.1) is 12.2 Å². The van der Waals surface area contributed by atoms with E-state index in [1.807, 2.05) is 29.8 Å². The fourth-order valence-corrected chi connectivity index (χ4v) is 1.85. The van der Waals surface area contributed by atoms with Gasteiger partial charge in [0.15, 0.2) is 0 Å². The third-order valence-corrected chi connectivity index (χ3v) is 2.70. The summed E-state index contributed by atoms with van der Waals surface area (Å²) >= 11 is 0. The first-order valence-electron chi connectivity index (χ1n) is 5.48. The molecule has 0 amide bonds. The summed E-state index contributed by atoms with van der Waals surface area (Å²) in [5.74, 6) is 0. The highest BCUT2D eigenvalue weighted by atomic mass is 15.3. The van der Waals surface area contributed by atoms with Crippen LogP contribution in [-0.2, 0) is 6.54 Å². The van der Waals surface area contributed by atoms with Gasteiger partial charge in [-0.05, 0) is 25.5 Å². The molecule has 0 unspecified atom stereocenters. The van der Waals surface area contributed by atoms with Crippen molar-refractivity contribution in [3.05, 3.63) is 53.3 Å². The molecule has 0 aliphatic carbocycles. The molecular weight excluding hydrogens is 198 g/mol. The van der Waals surface area contributed by atoms with Crippen LogP contribution < -0.4 is 5.73 Å². The molecule has 0 aliphatic rings. The van der Waals surface area contributed by atoms with Crippen molar-refractivity contribution in [1.82, 2.24) is 9.78 Å². The number of aromatic nitrogens is 2. The Morgan fingerprint density at radius 3 is 2.50 bits per heavy atom. The topological polar surface area (TPSA) is 43.8 Å². The van der Waals surface area contributed by atoms with Crippen molar-refractivity contribution in [2.75, 3.05) is 0 Å². The fourth-order valence-electron chi connectivity index (χ4n) is 1.85. The standard InChI is InChI=1S/C13H17N3/c1-10-8-11(2)16(15-10)9-13(14)12-6-4-3-5-7-12/h3-8,13H,9,14H2,1-2H3/t13-/m0/s1. The quantitative estimate of drug-likeness (QED) is 0.853. The van der Waals surface area contributed by atoms with Gasteiger partial charge in [-0.2, -0.15) is 5.10 Å². The molecule has 0 radical (unpaired) electrons. The maximum atomic E-state index is 6.14. The normalized spacial score (nSPS) is 12.7. The Kier molecular flexibility index (Phi) is 3.06. The maximum absolute atomic E-state index is 6.14. The molecule has 2 rings (SSSR count). The number of rotatable bonds is 3. The molecule has 0 bridgehead atoms. The predicted octanol–water partition coefficient (Wildman–Crippen LogP) is 2.20. The smallest absolute Gasteiger partial charge is 0.0605 e. The van der Waals surface area contributed by atoms with Crippen LogP contribution in [0.5, 0.6) is 0 Å². The van der Waals surface area contributed by atoms with Gasteiger partial charge in [-0.25, -0.2) is 0 Å². The minimum Gasteiger partial charge on any atom is -0.322 e. The van der Waals surface area contributed by atoms with E-state index in [2.05, 4.69) is 30.2 Å². The summed E-state index contributed by atoms with van der Waals surface area (Å²) in [4.78, 5) is 0. The van der Waals surface area contributed by atoms with Gasteiger partial charge >= 0.3 is 0 Å². The highest BCUT2D eigenvalue weighted by molar-refractivity contribution is 5.18. The second-order valence-corrected chi connectivity index (χ2v) is 4.13. The Bertz CT molecular complexity index is 459. The van der Waals surface area contributed by atoms with Gasteiger partial charge in [0.25, 0.3) is 0 Å². The molecule has 1 aromatic carbocycles. The van der Waals surface area contributed by atoms with Crippen LogP contribution in [0.15, 0.2) is 36.4 Å². The Hall–Kier alpha value is -1.61. The molecule has 2 N–H and O–H groups in total. The Labute approximate surface area is 95.9 Å². The minimum atomic E-state index is -0.000741. The predicted molar refractivity (Wildman–Crippen MR) is 65.1 cm³/mol. The van der Waals surface area contributed by atoms with Gasteiger partial charge < -0.3 is 5.73 Å². The lowest BCUT2D eigenvalue weighted by Gasteiger charge is -2.13. The Morgan fingerprint density at radius 2 is 1.94 bits per heavy atom. The number of nitrogens with two attached hydrogens (primary N) is 1. The molecule has 3 heteroatoms. The average molecular weight is 215 g/mol. The van der Waals surface area contributed by atoms with Crippen LogP contribution in [0, 0.1) is 13.8 Å². The van der Waals surface area contributed by atoms with Crippen LogP contribution >= 0.6 is 0 Å². The van der Waals surface area contributed by atoms with E-state index in [0.717, 1.165) is 23.5 Å². The lowest BCUT2D eigenvalue weighted by molar-refractivity contribution is 0.515. The molecule has 84 valence electrons. The Balaban J connectivity index is 2.14. The van der Waals surface area contributed by atoms with Crippen LogP contribution in [0.4, 0.5) is 0 Å². The summed E-state index contributed by atoms with van der Waals surface area (Å²) in [6.07, 6.45) is 0. The number of aryl methyl sites for hydroxylation is 2. The second-order valence-electron chi connectivity index (χ2n) is 4.13. The molecule has 16 heavy (non-hydrogen) atoms. The van der Waals surface area contributed by atoms with E-state index in [4.69, 9.17) is 5.73 Å². The molecule has 1 heterocycles. The van der Waals surface area contributed by atoms with E-state index in [9.17, 15) is 0 Å². The van der Waals surface area contributed by atoms with Crippen LogP contribution in [0.3, 0.4) is 0 Å². The molecule has 1 aromatic heterocycles. The van der Waals surface area contributed by atoms with Crippen molar-refractivity contribution in [3.8, 4) is 0 Å². The van der Waals surface area contributed by atoms with E-state index in [1.54, 1.807) is 0 Å². The molecule has 1 atom stereocenters. The SMILES string of the molecule is Cc1cc(C)n(C[C@H](N)c2ccccc2)n1. The lowest BCUT2D eigenvalue weighted by Crippen LogP contribution is -2.19. The molecule has 0 saturated carbocycles. The van der Waals surface area contributed by atoms with E-state index in [-0.39, 0.29) is 6.04 Å². The molecular formula is C13H17N3. The van der Waals surface area contributed by atoms with Crippen molar-refractivity contribution in [2.45, 2.75) is 26.4 Å². The summed E-state index contributed by atoms with van der Waals surface area (Å²) in [6.45, 7) is 4.78. The first-order valence-corrected chi connectivity index (χ1v) is 5.48. The zero-order valence-electron chi connectivity index (χ0n) is 9.72. The van der Waals surface area contributed by atoms with Crippen molar-refractivity contribution in [2.24, 2.45) is 5.73 Å². The van der Waals surface area contributed by atoms with Crippen molar-refractivity contribution in [3.63, 3.8) is 0 Å². The second kappa shape index (κ2) is 4.49. The number of hydrogen-bond donors (Lipinski definition) is 1. The number of nitrogens with zero attached hydrogens (tertiary/aromatic N) is 2. The number of benzene rings is 1. The van der Waals surface area contributed by atoms with Crippen LogP contribution in [0.2, 0.25) is 0 Å². The van der Waals surface area contributed by atoms with E-state index >= 15 is 0 Å². The zero-order valence-corrected chi connectivity index (χ0v) is 9.72. The average Bonchev–Trinajstić information content (AvgIpc) is 2.59. The highest BCUT2D eigenvalue weighted by Gasteiger charge is 2.08. The molecule has 0 saturated heterocycles. The first-order chi connectivity index (χ1) is 7.66. The van der Waals surface area contributed by atoms with Crippen LogP contribution in [-0.4, -0.2) is 9.78 Å². The van der Waals surface area contributed by atoms with E-state index in [1.165, 1.54) is 0 Å². The fraction of sp³-hybridized carbons (Fsp3) is 0.308. The molecule has 0 aliphatic heterocycles. The van der Waals surface area contributed by atoms with Crippen LogP contribution in [0.25, 0.3) is 0 Å². The molecule has 0 fully saturated rings. The molecule has 3 nitrogen and oxygen atoms in total. The van der Waals surface area contributed by atoms with Gasteiger partial charge in [-0.15, -0.1) is 0 Å². The van der Waals surface area contributed by atoms with Gasteiger partial charge in [-0.3, -0.25) is 4.68 Å². The van der Waals surface area contributed by atoms with E-state index in [0.29, 0.717) is 0 Å². The third kappa shape index (κ3) is 2.31. The van der Waals surface area contributed by atoms with Gasteiger partial charge in [0, 0.05) is 11.7 Å².